The first kappa shape index (κ1) is 15.6. The molecular formula is C19H21NO3. The van der Waals surface area contributed by atoms with Crippen LogP contribution < -0.4 is 4.74 Å². The second-order valence-electron chi connectivity index (χ2n) is 6.01. The number of carboxylic acids is 1. The summed E-state index contributed by atoms with van der Waals surface area (Å²) < 4.78 is 5.27. The van der Waals surface area contributed by atoms with Gasteiger partial charge >= 0.3 is 5.97 Å². The largest absolute Gasteiger partial charge is 0.497 e. The third-order valence-electron chi connectivity index (χ3n) is 4.48. The van der Waals surface area contributed by atoms with Crippen LogP contribution in [0.1, 0.15) is 17.0 Å². The minimum absolute atomic E-state index is 0.00804. The Morgan fingerprint density at radius 3 is 2.65 bits per heavy atom. The van der Waals surface area contributed by atoms with Gasteiger partial charge in [-0.1, -0.05) is 42.5 Å². The molecule has 0 radical (unpaired) electrons. The molecule has 3 rings (SSSR count). The van der Waals surface area contributed by atoms with Crippen molar-refractivity contribution in [2.75, 3.05) is 20.2 Å². The number of carboxylic acid groups (broad SMARTS) is 1. The molecule has 2 aromatic rings. The zero-order valence-corrected chi connectivity index (χ0v) is 13.2. The van der Waals surface area contributed by atoms with Crippen LogP contribution in [0.25, 0.3) is 0 Å². The lowest BCUT2D eigenvalue weighted by atomic mass is 9.89. The van der Waals surface area contributed by atoms with Gasteiger partial charge in [0, 0.05) is 25.6 Å². The van der Waals surface area contributed by atoms with Gasteiger partial charge in [0.25, 0.3) is 0 Å². The van der Waals surface area contributed by atoms with Crippen molar-refractivity contribution in [3.8, 4) is 5.75 Å². The van der Waals surface area contributed by atoms with E-state index in [1.807, 2.05) is 42.5 Å². The molecule has 4 nitrogen and oxygen atoms in total. The number of rotatable bonds is 5. The highest BCUT2D eigenvalue weighted by molar-refractivity contribution is 5.72. The molecule has 1 N–H and O–H groups in total. The van der Waals surface area contributed by atoms with Crippen LogP contribution in [0.4, 0.5) is 0 Å². The SMILES string of the molecule is COc1cccc([C@H]2CN(Cc3ccccc3)C[C@H]2C(=O)O)c1. The quantitative estimate of drug-likeness (QED) is 0.922. The first-order chi connectivity index (χ1) is 11.2. The molecule has 1 saturated heterocycles. The van der Waals surface area contributed by atoms with Crippen molar-refractivity contribution in [2.45, 2.75) is 12.5 Å². The fourth-order valence-electron chi connectivity index (χ4n) is 3.32. The molecule has 0 bridgehead atoms. The summed E-state index contributed by atoms with van der Waals surface area (Å²) in [5.41, 5.74) is 2.25. The van der Waals surface area contributed by atoms with Crippen LogP contribution in [0.3, 0.4) is 0 Å². The number of hydrogen-bond acceptors (Lipinski definition) is 3. The van der Waals surface area contributed by atoms with E-state index < -0.39 is 5.97 Å². The number of benzene rings is 2. The lowest BCUT2D eigenvalue weighted by Gasteiger charge is -2.17. The molecule has 1 aliphatic heterocycles. The van der Waals surface area contributed by atoms with Gasteiger partial charge in [-0.25, -0.2) is 0 Å². The van der Waals surface area contributed by atoms with E-state index in [2.05, 4.69) is 17.0 Å². The Kier molecular flexibility index (Phi) is 4.63. The first-order valence-corrected chi connectivity index (χ1v) is 7.80. The second-order valence-corrected chi connectivity index (χ2v) is 6.01. The maximum Gasteiger partial charge on any atom is 0.308 e. The topological polar surface area (TPSA) is 49.8 Å². The molecule has 0 saturated carbocycles. The van der Waals surface area contributed by atoms with E-state index >= 15 is 0 Å². The second kappa shape index (κ2) is 6.84. The molecule has 1 fully saturated rings. The predicted octanol–water partition coefficient (Wildman–Crippen LogP) is 3.00. The van der Waals surface area contributed by atoms with Crippen LogP contribution in [-0.4, -0.2) is 36.2 Å². The average Bonchev–Trinajstić information content (AvgIpc) is 3.00. The summed E-state index contributed by atoms with van der Waals surface area (Å²) in [6.07, 6.45) is 0. The molecule has 2 atom stereocenters. The minimum Gasteiger partial charge on any atom is -0.497 e. The number of hydrogen-bond donors (Lipinski definition) is 1. The van der Waals surface area contributed by atoms with E-state index in [-0.39, 0.29) is 11.8 Å². The Morgan fingerprint density at radius 1 is 1.17 bits per heavy atom. The summed E-state index contributed by atoms with van der Waals surface area (Å²) in [5, 5.41) is 9.60. The standard InChI is InChI=1S/C19H21NO3/c1-23-16-9-5-8-15(10-16)17-12-20(13-18(17)19(21)22)11-14-6-3-2-4-7-14/h2-10,17-18H,11-13H2,1H3,(H,21,22)/t17-,18-/m1/s1. The monoisotopic (exact) mass is 311 g/mol. The van der Waals surface area contributed by atoms with E-state index in [9.17, 15) is 9.90 Å². The molecule has 0 aliphatic carbocycles. The molecule has 1 heterocycles. The van der Waals surface area contributed by atoms with Gasteiger partial charge in [0.2, 0.25) is 0 Å². The van der Waals surface area contributed by atoms with Gasteiger partial charge in [0.1, 0.15) is 5.75 Å². The fourth-order valence-corrected chi connectivity index (χ4v) is 3.32. The molecule has 4 heteroatoms. The predicted molar refractivity (Wildman–Crippen MR) is 88.6 cm³/mol. The van der Waals surface area contributed by atoms with E-state index in [1.165, 1.54) is 5.56 Å². The summed E-state index contributed by atoms with van der Waals surface area (Å²) >= 11 is 0. The number of nitrogens with zero attached hydrogens (tertiary/aromatic N) is 1. The van der Waals surface area contributed by atoms with Gasteiger partial charge in [-0.2, -0.15) is 0 Å². The highest BCUT2D eigenvalue weighted by Crippen LogP contribution is 2.35. The lowest BCUT2D eigenvalue weighted by Crippen LogP contribution is -2.23. The van der Waals surface area contributed by atoms with E-state index in [0.717, 1.165) is 24.4 Å². The molecule has 0 aromatic heterocycles. The van der Waals surface area contributed by atoms with Crippen LogP contribution in [0.2, 0.25) is 0 Å². The molecule has 0 unspecified atom stereocenters. The maximum atomic E-state index is 11.7. The molecule has 120 valence electrons. The van der Waals surface area contributed by atoms with Crippen molar-refractivity contribution in [1.29, 1.82) is 0 Å². The summed E-state index contributed by atoms with van der Waals surface area (Å²) in [6.45, 7) is 2.11. The Balaban J connectivity index is 1.79. The molecular weight excluding hydrogens is 290 g/mol. The van der Waals surface area contributed by atoms with Crippen molar-refractivity contribution in [1.82, 2.24) is 4.90 Å². The van der Waals surface area contributed by atoms with Crippen molar-refractivity contribution < 1.29 is 14.6 Å². The Labute approximate surface area is 136 Å². The van der Waals surface area contributed by atoms with Gasteiger partial charge in [0.15, 0.2) is 0 Å². The molecule has 23 heavy (non-hydrogen) atoms. The number of methoxy groups -OCH3 is 1. The zero-order chi connectivity index (χ0) is 16.2. The Morgan fingerprint density at radius 2 is 1.96 bits per heavy atom. The molecule has 0 spiro atoms. The van der Waals surface area contributed by atoms with Gasteiger partial charge < -0.3 is 9.84 Å². The summed E-state index contributed by atoms with van der Waals surface area (Å²) in [4.78, 5) is 13.9. The number of aliphatic carboxylic acids is 1. The summed E-state index contributed by atoms with van der Waals surface area (Å²) in [5.74, 6) is -0.348. The minimum atomic E-state index is -0.728. The van der Waals surface area contributed by atoms with Gasteiger partial charge in [-0.05, 0) is 23.3 Å². The van der Waals surface area contributed by atoms with Gasteiger partial charge in [-0.3, -0.25) is 9.69 Å². The summed E-state index contributed by atoms with van der Waals surface area (Å²) in [7, 11) is 1.63. The van der Waals surface area contributed by atoms with Gasteiger partial charge in [-0.15, -0.1) is 0 Å². The maximum absolute atomic E-state index is 11.7. The summed E-state index contributed by atoms with van der Waals surface area (Å²) in [6, 6.07) is 17.9. The van der Waals surface area contributed by atoms with Crippen LogP contribution in [0, 0.1) is 5.92 Å². The third kappa shape index (κ3) is 3.54. The smallest absolute Gasteiger partial charge is 0.308 e. The fraction of sp³-hybridized carbons (Fsp3) is 0.316. The first-order valence-electron chi connectivity index (χ1n) is 7.80. The number of likely N-dealkylation sites (tertiary alicyclic amines) is 1. The Hall–Kier alpha value is -2.33. The highest BCUT2D eigenvalue weighted by Gasteiger charge is 2.38. The van der Waals surface area contributed by atoms with E-state index in [1.54, 1.807) is 7.11 Å². The number of carbonyl (C=O) groups is 1. The van der Waals surface area contributed by atoms with E-state index in [0.29, 0.717) is 6.54 Å². The lowest BCUT2D eigenvalue weighted by molar-refractivity contribution is -0.141. The normalized spacial score (nSPS) is 21.3. The van der Waals surface area contributed by atoms with Crippen LogP contribution in [-0.2, 0) is 11.3 Å². The van der Waals surface area contributed by atoms with Crippen molar-refractivity contribution in [3.05, 3.63) is 65.7 Å². The molecule has 2 aromatic carbocycles. The molecule has 1 aliphatic rings. The Bertz CT molecular complexity index is 671. The van der Waals surface area contributed by atoms with Crippen molar-refractivity contribution >= 4 is 5.97 Å². The van der Waals surface area contributed by atoms with Crippen LogP contribution in [0.15, 0.2) is 54.6 Å². The van der Waals surface area contributed by atoms with Crippen LogP contribution in [0.5, 0.6) is 5.75 Å². The molecule has 0 amide bonds. The third-order valence-corrected chi connectivity index (χ3v) is 4.48. The number of ether oxygens (including phenoxy) is 1. The average molecular weight is 311 g/mol. The van der Waals surface area contributed by atoms with Gasteiger partial charge in [0.05, 0.1) is 13.0 Å². The highest BCUT2D eigenvalue weighted by atomic mass is 16.5. The van der Waals surface area contributed by atoms with Crippen LogP contribution >= 0.6 is 0 Å². The van der Waals surface area contributed by atoms with E-state index in [4.69, 9.17) is 4.74 Å². The van der Waals surface area contributed by atoms with Crippen molar-refractivity contribution in [3.63, 3.8) is 0 Å². The zero-order valence-electron chi connectivity index (χ0n) is 13.2. The van der Waals surface area contributed by atoms with Crippen molar-refractivity contribution in [2.24, 2.45) is 5.92 Å².